The normalized spacial score (nSPS) is 18.4. The van der Waals surface area contributed by atoms with Crippen LogP contribution < -0.4 is 16.6 Å². The Morgan fingerprint density at radius 3 is 2.57 bits per heavy atom. The van der Waals surface area contributed by atoms with Gasteiger partial charge in [-0.2, -0.15) is 9.57 Å². The fraction of sp³-hybridized carbons (Fsp3) is 0.517. The van der Waals surface area contributed by atoms with Crippen LogP contribution in [0.25, 0.3) is 0 Å². The summed E-state index contributed by atoms with van der Waals surface area (Å²) < 4.78 is 32.8. The van der Waals surface area contributed by atoms with Crippen molar-refractivity contribution in [1.82, 2.24) is 14.2 Å². The summed E-state index contributed by atoms with van der Waals surface area (Å²) in [6.07, 6.45) is 2.13. The quantitative estimate of drug-likeness (QED) is 0.320. The SMILES string of the molecule is CC(C)CN1Cc2cc(N=C(N)c3c(NC4(CC#N)CCN(C(=O)OC(C)(C)C)CC4)cc[nH]c3=O)ccc2S1(=O)=O. The van der Waals surface area contributed by atoms with Crippen molar-refractivity contribution in [3.8, 4) is 6.07 Å². The maximum absolute atomic E-state index is 13.0. The van der Waals surface area contributed by atoms with Crippen molar-refractivity contribution in [1.29, 1.82) is 5.26 Å². The highest BCUT2D eigenvalue weighted by molar-refractivity contribution is 7.89. The second-order valence-corrected chi connectivity index (χ2v) is 14.2. The number of anilines is 1. The minimum Gasteiger partial charge on any atom is -0.444 e. The molecular weight excluding hydrogens is 558 g/mol. The third kappa shape index (κ3) is 6.77. The Morgan fingerprint density at radius 2 is 1.95 bits per heavy atom. The molecule has 0 radical (unpaired) electrons. The molecule has 0 unspecified atom stereocenters. The Kier molecular flexibility index (Phi) is 8.71. The molecule has 1 aromatic heterocycles. The van der Waals surface area contributed by atoms with E-state index in [0.717, 1.165) is 0 Å². The number of sulfonamides is 1. The number of aliphatic imine (C=N–C) groups is 1. The lowest BCUT2D eigenvalue weighted by Gasteiger charge is -2.42. The van der Waals surface area contributed by atoms with Crippen LogP contribution in [0.1, 0.15) is 65.0 Å². The van der Waals surface area contributed by atoms with Crippen molar-refractivity contribution in [2.75, 3.05) is 25.0 Å². The Hall–Kier alpha value is -3.89. The number of fused-ring (bicyclic) bond motifs is 1. The third-order valence-corrected chi connectivity index (χ3v) is 9.15. The number of carbonyl (C=O) groups is 1. The molecule has 1 saturated heterocycles. The minimum atomic E-state index is -3.57. The molecule has 0 saturated carbocycles. The van der Waals surface area contributed by atoms with E-state index < -0.39 is 32.8 Å². The van der Waals surface area contributed by atoms with Crippen LogP contribution in [0.15, 0.2) is 45.1 Å². The summed E-state index contributed by atoms with van der Waals surface area (Å²) in [5.74, 6) is 0.115. The Bertz CT molecular complexity index is 1580. The van der Waals surface area contributed by atoms with Gasteiger partial charge in [-0.05, 0) is 69.4 Å². The third-order valence-electron chi connectivity index (χ3n) is 7.23. The number of pyridine rings is 1. The number of hydrogen-bond donors (Lipinski definition) is 3. The molecule has 2 aromatic rings. The summed E-state index contributed by atoms with van der Waals surface area (Å²) >= 11 is 0. The van der Waals surface area contributed by atoms with Crippen LogP contribution in [0.2, 0.25) is 0 Å². The fourth-order valence-electron chi connectivity index (χ4n) is 5.25. The van der Waals surface area contributed by atoms with Crippen LogP contribution in [0.4, 0.5) is 16.2 Å². The van der Waals surface area contributed by atoms with Gasteiger partial charge >= 0.3 is 6.09 Å². The molecule has 42 heavy (non-hydrogen) atoms. The first-order chi connectivity index (χ1) is 19.6. The smallest absolute Gasteiger partial charge is 0.410 e. The molecule has 0 spiro atoms. The van der Waals surface area contributed by atoms with Crippen LogP contribution in [0, 0.1) is 17.2 Å². The number of carbonyl (C=O) groups excluding carboxylic acids is 1. The number of nitrogens with one attached hydrogen (secondary N) is 2. The van der Waals surface area contributed by atoms with Crippen LogP contribution >= 0.6 is 0 Å². The molecule has 3 heterocycles. The van der Waals surface area contributed by atoms with E-state index in [2.05, 4.69) is 21.4 Å². The Morgan fingerprint density at radius 1 is 1.26 bits per heavy atom. The molecule has 2 aliphatic rings. The Balaban J connectivity index is 1.59. The van der Waals surface area contributed by atoms with Crippen LogP contribution in [-0.2, 0) is 21.3 Å². The Labute approximate surface area is 246 Å². The average Bonchev–Trinajstić information content (AvgIpc) is 3.11. The molecule has 4 N–H and O–H groups in total. The lowest BCUT2D eigenvalue weighted by Crippen LogP contribution is -2.52. The van der Waals surface area contributed by atoms with E-state index >= 15 is 0 Å². The number of ether oxygens (including phenoxy) is 1. The first-order valence-corrected chi connectivity index (χ1v) is 15.4. The van der Waals surface area contributed by atoms with E-state index in [0.29, 0.717) is 49.4 Å². The number of amides is 1. The lowest BCUT2D eigenvalue weighted by molar-refractivity contribution is 0.0179. The van der Waals surface area contributed by atoms with Gasteiger partial charge in [0.25, 0.3) is 5.56 Å². The van der Waals surface area contributed by atoms with Gasteiger partial charge in [-0.25, -0.2) is 18.2 Å². The van der Waals surface area contributed by atoms with Gasteiger partial charge in [-0.1, -0.05) is 13.8 Å². The second kappa shape index (κ2) is 11.8. The van der Waals surface area contributed by atoms with Gasteiger partial charge in [-0.3, -0.25) is 4.79 Å². The highest BCUT2D eigenvalue weighted by Gasteiger charge is 2.38. The number of likely N-dealkylation sites (tertiary alicyclic amines) is 1. The molecule has 226 valence electrons. The van der Waals surface area contributed by atoms with E-state index in [-0.39, 0.29) is 35.2 Å². The van der Waals surface area contributed by atoms with Gasteiger partial charge < -0.3 is 25.7 Å². The molecule has 0 atom stereocenters. The van der Waals surface area contributed by atoms with E-state index in [9.17, 15) is 23.3 Å². The number of aromatic amines is 1. The maximum Gasteiger partial charge on any atom is 0.410 e. The van der Waals surface area contributed by atoms with E-state index in [1.54, 1.807) is 23.1 Å². The number of nitrogens with two attached hydrogens (primary N) is 1. The first kappa shape index (κ1) is 31.1. The average molecular weight is 598 g/mol. The fourth-order valence-corrected chi connectivity index (χ4v) is 7.03. The highest BCUT2D eigenvalue weighted by atomic mass is 32.2. The number of amidine groups is 1. The van der Waals surface area contributed by atoms with Crippen LogP contribution in [0.3, 0.4) is 0 Å². The standard InChI is InChI=1S/C29H39N7O5S/c1-19(2)17-36-18-20-16-21(6-7-23(20)42(36,39)40)33-25(31)24-22(8-13-32-26(24)37)34-29(9-12-30)10-14-35(15-11-29)27(38)41-28(3,4)5/h6-8,13,16,19H,9-11,14-15,17-18H2,1-5H3,(H2,31,33)(H2,32,34,37). The van der Waals surface area contributed by atoms with Gasteiger partial charge in [0.05, 0.1) is 34.3 Å². The molecule has 12 nitrogen and oxygen atoms in total. The van der Waals surface area contributed by atoms with Crippen molar-refractivity contribution in [2.24, 2.45) is 16.6 Å². The number of H-pyrrole nitrogens is 1. The molecule has 1 aromatic carbocycles. The second-order valence-electron chi connectivity index (χ2n) is 12.3. The van der Waals surface area contributed by atoms with Gasteiger partial charge in [0.15, 0.2) is 0 Å². The largest absolute Gasteiger partial charge is 0.444 e. The molecule has 0 aliphatic carbocycles. The minimum absolute atomic E-state index is 0.0579. The summed E-state index contributed by atoms with van der Waals surface area (Å²) in [6, 6.07) is 8.66. The number of nitriles is 1. The van der Waals surface area contributed by atoms with Gasteiger partial charge in [0, 0.05) is 32.4 Å². The molecule has 1 amide bonds. The summed E-state index contributed by atoms with van der Waals surface area (Å²) in [4.78, 5) is 34.5. The van der Waals surface area contributed by atoms with E-state index in [1.165, 1.54) is 16.6 Å². The first-order valence-electron chi connectivity index (χ1n) is 14.0. The monoisotopic (exact) mass is 597 g/mol. The van der Waals surface area contributed by atoms with Crippen LogP contribution in [0.5, 0.6) is 0 Å². The van der Waals surface area contributed by atoms with Gasteiger partial charge in [-0.15, -0.1) is 0 Å². The predicted octanol–water partition coefficient (Wildman–Crippen LogP) is 3.67. The summed E-state index contributed by atoms with van der Waals surface area (Å²) in [6.45, 7) is 10.7. The molecule has 1 fully saturated rings. The van der Waals surface area contributed by atoms with Crippen molar-refractivity contribution in [3.05, 3.63) is 51.9 Å². The zero-order valence-electron chi connectivity index (χ0n) is 24.7. The number of hydrogen-bond acceptors (Lipinski definition) is 8. The van der Waals surface area contributed by atoms with Crippen molar-refractivity contribution >= 4 is 33.3 Å². The number of nitrogens with zero attached hydrogens (tertiary/aromatic N) is 4. The highest BCUT2D eigenvalue weighted by Crippen LogP contribution is 2.34. The molecular formula is C29H39N7O5S. The molecule has 0 bridgehead atoms. The number of aromatic nitrogens is 1. The van der Waals surface area contributed by atoms with Crippen molar-refractivity contribution in [2.45, 2.75) is 76.5 Å². The summed E-state index contributed by atoms with van der Waals surface area (Å²) in [7, 11) is -3.57. The molecule has 2 aliphatic heterocycles. The zero-order valence-corrected chi connectivity index (χ0v) is 25.5. The molecule has 4 rings (SSSR count). The van der Waals surface area contributed by atoms with Gasteiger partial charge in [0.1, 0.15) is 17.0 Å². The maximum atomic E-state index is 13.0. The van der Waals surface area contributed by atoms with E-state index in [4.69, 9.17) is 10.5 Å². The lowest BCUT2D eigenvalue weighted by atomic mass is 9.84. The van der Waals surface area contributed by atoms with Crippen molar-refractivity contribution < 1.29 is 17.9 Å². The van der Waals surface area contributed by atoms with E-state index in [1.807, 2.05) is 34.6 Å². The summed E-state index contributed by atoms with van der Waals surface area (Å²) in [5, 5.41) is 13.0. The topological polar surface area (TPSA) is 174 Å². The number of benzene rings is 1. The van der Waals surface area contributed by atoms with Crippen LogP contribution in [-0.4, -0.2) is 65.3 Å². The number of rotatable bonds is 7. The number of piperidine rings is 1. The molecule has 13 heteroatoms. The summed E-state index contributed by atoms with van der Waals surface area (Å²) in [5.41, 5.74) is 6.15. The van der Waals surface area contributed by atoms with Crippen molar-refractivity contribution in [3.63, 3.8) is 0 Å². The van der Waals surface area contributed by atoms with Gasteiger partial charge in [0.2, 0.25) is 10.0 Å². The zero-order chi connectivity index (χ0) is 30.9. The predicted molar refractivity (Wildman–Crippen MR) is 160 cm³/mol.